The second-order valence-electron chi connectivity index (χ2n) is 5.54. The van der Waals surface area contributed by atoms with Gasteiger partial charge >= 0.3 is 0 Å². The van der Waals surface area contributed by atoms with Crippen molar-refractivity contribution in [2.24, 2.45) is 0 Å². The molecule has 0 unspecified atom stereocenters. The highest BCUT2D eigenvalue weighted by Crippen LogP contribution is 2.14. The molecule has 0 aromatic heterocycles. The van der Waals surface area contributed by atoms with Gasteiger partial charge in [-0.2, -0.15) is 0 Å². The van der Waals surface area contributed by atoms with Crippen LogP contribution in [-0.4, -0.2) is 38.1 Å². The Morgan fingerprint density at radius 3 is 2.39 bits per heavy atom. The zero-order valence-electron chi connectivity index (χ0n) is 13.3. The topological polar surface area (TPSA) is 41.6 Å². The van der Waals surface area contributed by atoms with Gasteiger partial charge in [0.1, 0.15) is 11.6 Å². The second kappa shape index (κ2) is 8.29. The first kappa shape index (κ1) is 17.0. The van der Waals surface area contributed by atoms with Crippen LogP contribution in [0.25, 0.3) is 0 Å². The van der Waals surface area contributed by atoms with Gasteiger partial charge in [-0.3, -0.25) is 4.79 Å². The summed E-state index contributed by atoms with van der Waals surface area (Å²) in [6.07, 6.45) is 0. The SMILES string of the molecule is CN(C)C[C@H](NC(=O)COc1ccc(F)cc1)c1ccccc1. The Morgan fingerprint density at radius 1 is 1.13 bits per heavy atom. The van der Waals surface area contributed by atoms with Crippen molar-refractivity contribution in [3.63, 3.8) is 0 Å². The summed E-state index contributed by atoms with van der Waals surface area (Å²) in [5.41, 5.74) is 1.04. The van der Waals surface area contributed by atoms with Crippen LogP contribution in [-0.2, 0) is 4.79 Å². The van der Waals surface area contributed by atoms with Crippen LogP contribution in [0.3, 0.4) is 0 Å². The molecular weight excluding hydrogens is 295 g/mol. The number of carbonyl (C=O) groups excluding carboxylic acids is 1. The first-order chi connectivity index (χ1) is 11.0. The number of benzene rings is 2. The molecule has 0 heterocycles. The molecule has 2 aromatic carbocycles. The van der Waals surface area contributed by atoms with Crippen LogP contribution >= 0.6 is 0 Å². The molecule has 2 rings (SSSR count). The average Bonchev–Trinajstić information content (AvgIpc) is 2.54. The number of carbonyl (C=O) groups is 1. The minimum Gasteiger partial charge on any atom is -0.484 e. The van der Waals surface area contributed by atoms with Crippen molar-refractivity contribution in [2.45, 2.75) is 6.04 Å². The lowest BCUT2D eigenvalue weighted by molar-refractivity contribution is -0.124. The summed E-state index contributed by atoms with van der Waals surface area (Å²) >= 11 is 0. The normalized spacial score (nSPS) is 12.0. The summed E-state index contributed by atoms with van der Waals surface area (Å²) in [6, 6.07) is 15.3. The second-order valence-corrected chi connectivity index (χ2v) is 5.54. The minimum atomic E-state index is -0.336. The fourth-order valence-corrected chi connectivity index (χ4v) is 2.20. The molecule has 0 aliphatic heterocycles. The predicted molar refractivity (Wildman–Crippen MR) is 87.8 cm³/mol. The lowest BCUT2D eigenvalue weighted by atomic mass is 10.1. The van der Waals surface area contributed by atoms with Gasteiger partial charge in [0.2, 0.25) is 0 Å². The van der Waals surface area contributed by atoms with Gasteiger partial charge in [0, 0.05) is 6.54 Å². The lowest BCUT2D eigenvalue weighted by Gasteiger charge is -2.23. The van der Waals surface area contributed by atoms with Crippen LogP contribution < -0.4 is 10.1 Å². The standard InChI is InChI=1S/C18H21FN2O2/c1-21(2)12-17(14-6-4-3-5-7-14)20-18(22)13-23-16-10-8-15(19)9-11-16/h3-11,17H,12-13H2,1-2H3,(H,20,22)/t17-/m0/s1. The highest BCUT2D eigenvalue weighted by atomic mass is 19.1. The van der Waals surface area contributed by atoms with Crippen LogP contribution in [0, 0.1) is 5.82 Å². The average molecular weight is 316 g/mol. The van der Waals surface area contributed by atoms with E-state index in [4.69, 9.17) is 4.74 Å². The Morgan fingerprint density at radius 2 is 1.78 bits per heavy atom. The van der Waals surface area contributed by atoms with Crippen LogP contribution in [0.15, 0.2) is 54.6 Å². The van der Waals surface area contributed by atoms with E-state index in [0.717, 1.165) is 5.56 Å². The molecule has 0 saturated heterocycles. The highest BCUT2D eigenvalue weighted by molar-refractivity contribution is 5.78. The molecule has 2 aromatic rings. The maximum Gasteiger partial charge on any atom is 0.258 e. The number of hydrogen-bond acceptors (Lipinski definition) is 3. The van der Waals surface area contributed by atoms with Crippen molar-refractivity contribution in [1.82, 2.24) is 10.2 Å². The Kier molecular flexibility index (Phi) is 6.11. The number of likely N-dealkylation sites (N-methyl/N-ethyl adjacent to an activating group) is 1. The third-order valence-electron chi connectivity index (χ3n) is 3.27. The third kappa shape index (κ3) is 5.71. The molecule has 0 saturated carbocycles. The predicted octanol–water partition coefficient (Wildman–Crippen LogP) is 2.62. The molecule has 23 heavy (non-hydrogen) atoms. The number of halogens is 1. The van der Waals surface area contributed by atoms with E-state index in [9.17, 15) is 9.18 Å². The van der Waals surface area contributed by atoms with E-state index in [1.807, 2.05) is 49.3 Å². The smallest absolute Gasteiger partial charge is 0.258 e. The quantitative estimate of drug-likeness (QED) is 0.854. The molecule has 4 nitrogen and oxygen atoms in total. The fraction of sp³-hybridized carbons (Fsp3) is 0.278. The number of nitrogens with zero attached hydrogens (tertiary/aromatic N) is 1. The highest BCUT2D eigenvalue weighted by Gasteiger charge is 2.15. The van der Waals surface area contributed by atoms with Crippen molar-refractivity contribution in [3.8, 4) is 5.75 Å². The maximum absolute atomic E-state index is 12.8. The molecule has 0 fully saturated rings. The summed E-state index contributed by atoms with van der Waals surface area (Å²) in [6.45, 7) is 0.578. The Labute approximate surface area is 135 Å². The molecule has 1 amide bonds. The van der Waals surface area contributed by atoms with Crippen LogP contribution in [0.1, 0.15) is 11.6 Å². The van der Waals surface area contributed by atoms with E-state index in [2.05, 4.69) is 5.32 Å². The molecule has 1 N–H and O–H groups in total. The van der Waals surface area contributed by atoms with Crippen molar-refractivity contribution in [3.05, 3.63) is 66.0 Å². The number of nitrogens with one attached hydrogen (secondary N) is 1. The van der Waals surface area contributed by atoms with Gasteiger partial charge in [0.15, 0.2) is 6.61 Å². The van der Waals surface area contributed by atoms with Gasteiger partial charge in [-0.1, -0.05) is 30.3 Å². The summed E-state index contributed by atoms with van der Waals surface area (Å²) in [5, 5.41) is 2.97. The van der Waals surface area contributed by atoms with Crippen molar-refractivity contribution < 1.29 is 13.9 Å². The van der Waals surface area contributed by atoms with Crippen LogP contribution in [0.2, 0.25) is 0 Å². The van der Waals surface area contributed by atoms with Crippen molar-refractivity contribution in [2.75, 3.05) is 27.2 Å². The number of amides is 1. The molecule has 122 valence electrons. The molecule has 0 radical (unpaired) electrons. The molecule has 0 bridgehead atoms. The summed E-state index contributed by atoms with van der Waals surface area (Å²) in [5.74, 6) is -0.0904. The van der Waals surface area contributed by atoms with Gasteiger partial charge in [-0.25, -0.2) is 4.39 Å². The number of rotatable bonds is 7. The summed E-state index contributed by atoms with van der Waals surface area (Å²) < 4.78 is 18.2. The van der Waals surface area contributed by atoms with Gasteiger partial charge in [-0.05, 0) is 43.9 Å². The van der Waals surface area contributed by atoms with E-state index in [0.29, 0.717) is 12.3 Å². The van der Waals surface area contributed by atoms with Crippen LogP contribution in [0.5, 0.6) is 5.75 Å². The summed E-state index contributed by atoms with van der Waals surface area (Å²) in [7, 11) is 3.91. The molecule has 0 aliphatic rings. The third-order valence-corrected chi connectivity index (χ3v) is 3.27. The maximum atomic E-state index is 12.8. The monoisotopic (exact) mass is 316 g/mol. The van der Waals surface area contributed by atoms with Gasteiger partial charge in [0.05, 0.1) is 6.04 Å². The van der Waals surface area contributed by atoms with Gasteiger partial charge < -0.3 is 15.0 Å². The van der Waals surface area contributed by atoms with Gasteiger partial charge in [-0.15, -0.1) is 0 Å². The zero-order valence-corrected chi connectivity index (χ0v) is 13.3. The first-order valence-electron chi connectivity index (χ1n) is 7.42. The fourth-order valence-electron chi connectivity index (χ4n) is 2.20. The summed E-state index contributed by atoms with van der Waals surface area (Å²) in [4.78, 5) is 14.1. The Balaban J connectivity index is 1.93. The van der Waals surface area contributed by atoms with Gasteiger partial charge in [0.25, 0.3) is 5.91 Å². The van der Waals surface area contributed by atoms with Crippen molar-refractivity contribution in [1.29, 1.82) is 0 Å². The van der Waals surface area contributed by atoms with Crippen molar-refractivity contribution >= 4 is 5.91 Å². The first-order valence-corrected chi connectivity index (χ1v) is 7.42. The van der Waals surface area contributed by atoms with Crippen LogP contribution in [0.4, 0.5) is 4.39 Å². The number of ether oxygens (including phenoxy) is 1. The van der Waals surface area contributed by atoms with E-state index in [1.54, 1.807) is 0 Å². The van der Waals surface area contributed by atoms with E-state index in [-0.39, 0.29) is 24.4 Å². The lowest BCUT2D eigenvalue weighted by Crippen LogP contribution is -2.37. The number of hydrogen-bond donors (Lipinski definition) is 1. The Bertz CT molecular complexity index is 615. The molecule has 0 spiro atoms. The Hall–Kier alpha value is -2.40. The van der Waals surface area contributed by atoms with E-state index >= 15 is 0 Å². The minimum absolute atomic E-state index is 0.109. The zero-order chi connectivity index (χ0) is 16.7. The van der Waals surface area contributed by atoms with E-state index < -0.39 is 0 Å². The largest absolute Gasteiger partial charge is 0.484 e. The molecular formula is C18H21FN2O2. The molecule has 1 atom stereocenters. The molecule has 0 aliphatic carbocycles. The molecule has 5 heteroatoms. The van der Waals surface area contributed by atoms with E-state index in [1.165, 1.54) is 24.3 Å².